The molecule has 0 unspecified atom stereocenters. The Morgan fingerprint density at radius 1 is 1.19 bits per heavy atom. The first kappa shape index (κ1) is 20.5. The van der Waals surface area contributed by atoms with Gasteiger partial charge in [-0.1, -0.05) is 32.3 Å². The summed E-state index contributed by atoms with van der Waals surface area (Å²) in [5.41, 5.74) is 0.537. The zero-order valence-corrected chi connectivity index (χ0v) is 15.5. The van der Waals surface area contributed by atoms with Crippen molar-refractivity contribution in [2.24, 2.45) is 0 Å². The lowest BCUT2D eigenvalue weighted by Gasteiger charge is -2.24. The highest BCUT2D eigenvalue weighted by molar-refractivity contribution is 7.85. The molecule has 7 heteroatoms. The number of carbonyl (C=O) groups excluding carboxylic acids is 1. The van der Waals surface area contributed by atoms with Gasteiger partial charge in [0.25, 0.3) is 10.1 Å². The maximum atomic E-state index is 11.3. The Morgan fingerprint density at radius 3 is 2.14 bits per heavy atom. The van der Waals surface area contributed by atoms with E-state index < -0.39 is 18.2 Å². The quantitative estimate of drug-likeness (QED) is 0.356. The van der Waals surface area contributed by atoms with E-state index in [-0.39, 0.29) is 11.5 Å². The number of rotatable bonds is 11. The first-order chi connectivity index (χ1) is 9.41. The van der Waals surface area contributed by atoms with Gasteiger partial charge in [-0.05, 0) is 32.9 Å². The fourth-order valence-electron chi connectivity index (χ4n) is 1.95. The van der Waals surface area contributed by atoms with Gasteiger partial charge in [0.05, 0.1) is 5.75 Å². The van der Waals surface area contributed by atoms with Crippen LogP contribution in [0.25, 0.3) is 0 Å². The Labute approximate surface area is 130 Å². The van der Waals surface area contributed by atoms with Crippen LogP contribution < -0.4 is 0 Å². The lowest BCUT2D eigenvalue weighted by atomic mass is 10.2. The van der Waals surface area contributed by atoms with E-state index in [1.807, 2.05) is 0 Å². The van der Waals surface area contributed by atoms with E-state index >= 15 is 0 Å². The van der Waals surface area contributed by atoms with Gasteiger partial charge in [0, 0.05) is 20.2 Å². The fourth-order valence-corrected chi connectivity index (χ4v) is 3.67. The molecule has 21 heavy (non-hydrogen) atoms. The van der Waals surface area contributed by atoms with Gasteiger partial charge in [-0.15, -0.1) is 0 Å². The summed E-state index contributed by atoms with van der Waals surface area (Å²) in [5, 5.41) is 0. The van der Waals surface area contributed by atoms with Crippen LogP contribution in [0.4, 0.5) is 0 Å². The van der Waals surface area contributed by atoms with Gasteiger partial charge in [-0.3, -0.25) is 14.2 Å². The summed E-state index contributed by atoms with van der Waals surface area (Å²) in [5.74, 6) is -0.288. The predicted octanol–water partition coefficient (Wildman–Crippen LogP) is 2.44. The molecule has 0 atom stereocenters. The predicted molar refractivity (Wildman–Crippen MR) is 90.1 cm³/mol. The van der Waals surface area contributed by atoms with E-state index in [1.165, 1.54) is 13.0 Å². The standard InChI is InChI=1S/C14H29NO4SSi/c1-13(14(2)16)12-15(8-6-10-20(17,18)19)9-7-11-21(3,4)5/h1,6-12H2,2-5H3,(H,17,18,19). The molecule has 124 valence electrons. The molecule has 0 radical (unpaired) electrons. The van der Waals surface area contributed by atoms with Gasteiger partial charge in [0.15, 0.2) is 5.78 Å². The van der Waals surface area contributed by atoms with E-state index in [0.29, 0.717) is 25.1 Å². The molecular formula is C14H29NO4SSi. The third kappa shape index (κ3) is 12.9. The Hall–Kier alpha value is -0.503. The number of hydrogen-bond donors (Lipinski definition) is 1. The molecule has 0 aliphatic carbocycles. The third-order valence-corrected chi connectivity index (χ3v) is 5.85. The summed E-state index contributed by atoms with van der Waals surface area (Å²) in [7, 11) is -5.02. The normalized spacial score (nSPS) is 12.7. The van der Waals surface area contributed by atoms with Crippen molar-refractivity contribution < 1.29 is 17.8 Å². The van der Waals surface area contributed by atoms with Crippen LogP contribution in [0.1, 0.15) is 19.8 Å². The van der Waals surface area contributed by atoms with Crippen LogP contribution in [0.2, 0.25) is 25.7 Å². The molecule has 0 heterocycles. The lowest BCUT2D eigenvalue weighted by molar-refractivity contribution is -0.113. The average molecular weight is 336 g/mol. The average Bonchev–Trinajstić information content (AvgIpc) is 2.24. The Balaban J connectivity index is 4.40. The molecule has 0 fully saturated rings. The van der Waals surface area contributed by atoms with Gasteiger partial charge in [0.1, 0.15) is 0 Å². The molecule has 5 nitrogen and oxygen atoms in total. The van der Waals surface area contributed by atoms with Crippen molar-refractivity contribution in [3.8, 4) is 0 Å². The van der Waals surface area contributed by atoms with E-state index in [4.69, 9.17) is 4.55 Å². The smallest absolute Gasteiger partial charge is 0.264 e. The Morgan fingerprint density at radius 2 is 1.71 bits per heavy atom. The highest BCUT2D eigenvalue weighted by Gasteiger charge is 2.15. The minimum Gasteiger partial charge on any atom is -0.299 e. The second-order valence-corrected chi connectivity index (χ2v) is 13.9. The zero-order valence-electron chi connectivity index (χ0n) is 13.7. The summed E-state index contributed by atoms with van der Waals surface area (Å²) in [6.45, 7) is 14.0. The summed E-state index contributed by atoms with van der Waals surface area (Å²) < 4.78 is 30.3. The highest BCUT2D eigenvalue weighted by atomic mass is 32.2. The molecule has 0 rings (SSSR count). The van der Waals surface area contributed by atoms with Gasteiger partial charge >= 0.3 is 0 Å². The molecule has 0 saturated carbocycles. The van der Waals surface area contributed by atoms with Crippen LogP contribution in [-0.2, 0) is 14.9 Å². The first-order valence-electron chi connectivity index (χ1n) is 7.27. The number of ketones is 1. The van der Waals surface area contributed by atoms with Gasteiger partial charge in [-0.25, -0.2) is 0 Å². The monoisotopic (exact) mass is 335 g/mol. The largest absolute Gasteiger partial charge is 0.299 e. The summed E-state index contributed by atoms with van der Waals surface area (Å²) in [6, 6.07) is 1.19. The molecule has 0 amide bonds. The second-order valence-electron chi connectivity index (χ2n) is 6.74. The van der Waals surface area contributed by atoms with Crippen molar-refractivity contribution in [1.82, 2.24) is 4.90 Å². The van der Waals surface area contributed by atoms with Crippen molar-refractivity contribution in [2.45, 2.75) is 45.5 Å². The molecule has 0 bridgehead atoms. The summed E-state index contributed by atoms with van der Waals surface area (Å²) in [6.07, 6.45) is 1.39. The van der Waals surface area contributed by atoms with E-state index in [0.717, 1.165) is 13.0 Å². The molecular weight excluding hydrogens is 306 g/mol. The molecule has 0 saturated heterocycles. The molecule has 0 aromatic carbocycles. The van der Waals surface area contributed by atoms with Gasteiger partial charge in [-0.2, -0.15) is 8.42 Å². The minimum absolute atomic E-state index is 0.0417. The maximum absolute atomic E-state index is 11.3. The Kier molecular flexibility index (Phi) is 8.61. The highest BCUT2D eigenvalue weighted by Crippen LogP contribution is 2.12. The van der Waals surface area contributed by atoms with Crippen molar-refractivity contribution in [2.75, 3.05) is 25.4 Å². The molecule has 0 aromatic heterocycles. The van der Waals surface area contributed by atoms with Crippen LogP contribution >= 0.6 is 0 Å². The van der Waals surface area contributed by atoms with Crippen LogP contribution in [0.5, 0.6) is 0 Å². The molecule has 0 spiro atoms. The second kappa shape index (κ2) is 8.82. The number of Topliss-reactive ketones (excluding diaryl/α,β-unsaturated/α-hetero) is 1. The lowest BCUT2D eigenvalue weighted by Crippen LogP contribution is -2.32. The van der Waals surface area contributed by atoms with Crippen molar-refractivity contribution in [3.05, 3.63) is 12.2 Å². The summed E-state index contributed by atoms with van der Waals surface area (Å²) in [4.78, 5) is 13.3. The topological polar surface area (TPSA) is 74.7 Å². The van der Waals surface area contributed by atoms with Crippen molar-refractivity contribution in [3.63, 3.8) is 0 Å². The molecule has 0 aliphatic heterocycles. The van der Waals surface area contributed by atoms with Crippen LogP contribution in [0.15, 0.2) is 12.2 Å². The van der Waals surface area contributed by atoms with Crippen molar-refractivity contribution in [1.29, 1.82) is 0 Å². The van der Waals surface area contributed by atoms with Crippen LogP contribution in [0, 0.1) is 0 Å². The SMILES string of the molecule is C=C(CN(CCC[Si](C)(C)C)CCCS(=O)(=O)O)C(C)=O. The number of hydrogen-bond acceptors (Lipinski definition) is 4. The van der Waals surface area contributed by atoms with Crippen molar-refractivity contribution >= 4 is 24.0 Å². The summed E-state index contributed by atoms with van der Waals surface area (Å²) >= 11 is 0. The third-order valence-electron chi connectivity index (χ3n) is 3.19. The zero-order chi connectivity index (χ0) is 16.7. The number of nitrogens with zero attached hydrogens (tertiary/aromatic N) is 1. The van der Waals surface area contributed by atoms with E-state index in [1.54, 1.807) is 0 Å². The van der Waals surface area contributed by atoms with E-state index in [9.17, 15) is 13.2 Å². The van der Waals surface area contributed by atoms with Crippen LogP contribution in [0.3, 0.4) is 0 Å². The number of carbonyl (C=O) groups is 1. The maximum Gasteiger partial charge on any atom is 0.264 e. The first-order valence-corrected chi connectivity index (χ1v) is 12.6. The molecule has 0 aliphatic rings. The van der Waals surface area contributed by atoms with E-state index in [2.05, 4.69) is 31.1 Å². The van der Waals surface area contributed by atoms with Crippen LogP contribution in [-0.4, -0.2) is 57.1 Å². The van der Waals surface area contributed by atoms with Gasteiger partial charge in [0.2, 0.25) is 0 Å². The fraction of sp³-hybridized carbons (Fsp3) is 0.786. The molecule has 1 N–H and O–H groups in total. The van der Waals surface area contributed by atoms with Gasteiger partial charge < -0.3 is 0 Å². The minimum atomic E-state index is -3.92. The Bertz CT molecular complexity index is 454. The molecule has 0 aromatic rings.